The number of alkyl halides is 3. The highest BCUT2D eigenvalue weighted by Crippen LogP contribution is 2.40. The average molecular weight is 411 g/mol. The van der Waals surface area contributed by atoms with E-state index in [1.807, 2.05) is 0 Å². The number of nitrogens with two attached hydrogens (primary N) is 1. The summed E-state index contributed by atoms with van der Waals surface area (Å²) in [6.45, 7) is 0. The second-order valence-electron chi connectivity index (χ2n) is 6.21. The number of anilines is 1. The maximum atomic E-state index is 12.6. The number of hydrogen-bond acceptors (Lipinski definition) is 4. The molecule has 0 bridgehead atoms. The Morgan fingerprint density at radius 3 is 2.54 bits per heavy atom. The number of rotatable bonds is 2. The second-order valence-corrected chi connectivity index (χ2v) is 7.77. The van der Waals surface area contributed by atoms with Crippen LogP contribution in [0.5, 0.6) is 5.75 Å². The van der Waals surface area contributed by atoms with Crippen molar-refractivity contribution < 1.29 is 31.1 Å². The van der Waals surface area contributed by atoms with E-state index in [2.05, 4.69) is 15.0 Å². The molecule has 0 saturated carbocycles. The fourth-order valence-electron chi connectivity index (χ4n) is 3.21. The summed E-state index contributed by atoms with van der Waals surface area (Å²) in [4.78, 5) is 15.2. The summed E-state index contributed by atoms with van der Waals surface area (Å²) in [5.74, 6) is -0.844. The van der Waals surface area contributed by atoms with Crippen molar-refractivity contribution in [3.63, 3.8) is 0 Å². The number of carbonyl (C=O) groups is 1. The van der Waals surface area contributed by atoms with Gasteiger partial charge < -0.3 is 15.0 Å². The van der Waals surface area contributed by atoms with Crippen LogP contribution in [0.3, 0.4) is 0 Å². The highest BCUT2D eigenvalue weighted by molar-refractivity contribution is 7.89. The number of H-pyrrole nitrogens is 1. The minimum atomic E-state index is -4.87. The molecule has 7 nitrogen and oxygen atoms in total. The number of ether oxygens (including phenoxy) is 1. The standard InChI is InChI=1S/C17H12F3N3O4S/c18-17(19,20)27-8-1-3-14-12(5-8)16-11(7-15(24)22-14)10-6-9(28(21,25)26)2-4-13(10)23-16/h1-6,23H,7H2,(H,22,24)(H2,21,25,26). The van der Waals surface area contributed by atoms with Crippen molar-refractivity contribution in [3.05, 3.63) is 42.0 Å². The van der Waals surface area contributed by atoms with Crippen LogP contribution in [0.25, 0.3) is 22.2 Å². The summed E-state index contributed by atoms with van der Waals surface area (Å²) < 4.78 is 64.9. The minimum Gasteiger partial charge on any atom is -0.406 e. The zero-order chi connectivity index (χ0) is 20.3. The Morgan fingerprint density at radius 1 is 1.11 bits per heavy atom. The number of nitrogens with one attached hydrogen (secondary N) is 2. The van der Waals surface area contributed by atoms with Gasteiger partial charge in [-0.05, 0) is 42.0 Å². The molecule has 0 spiro atoms. The number of aromatic nitrogens is 1. The molecule has 4 rings (SSSR count). The van der Waals surface area contributed by atoms with Crippen molar-refractivity contribution in [1.82, 2.24) is 4.98 Å². The van der Waals surface area contributed by atoms with Crippen molar-refractivity contribution in [3.8, 4) is 17.0 Å². The van der Waals surface area contributed by atoms with Crippen LogP contribution in [0, 0.1) is 0 Å². The molecule has 2 heterocycles. The number of benzene rings is 2. The maximum absolute atomic E-state index is 12.6. The SMILES string of the molecule is NS(=O)(=O)c1ccc2[nH]c3c(c2c1)CC(=O)Nc1ccc(OC(F)(F)F)cc1-3. The number of carbonyl (C=O) groups excluding carboxylic acids is 1. The molecule has 2 aromatic carbocycles. The van der Waals surface area contributed by atoms with Gasteiger partial charge in [-0.1, -0.05) is 0 Å². The van der Waals surface area contributed by atoms with Crippen LogP contribution < -0.4 is 15.2 Å². The van der Waals surface area contributed by atoms with E-state index in [1.54, 1.807) is 0 Å². The molecule has 146 valence electrons. The molecule has 28 heavy (non-hydrogen) atoms. The van der Waals surface area contributed by atoms with Crippen LogP contribution in [-0.2, 0) is 21.2 Å². The molecule has 1 aliphatic heterocycles. The third-order valence-electron chi connectivity index (χ3n) is 4.31. The summed E-state index contributed by atoms with van der Waals surface area (Å²) in [5, 5.41) is 8.22. The lowest BCUT2D eigenvalue weighted by Crippen LogP contribution is -2.17. The first-order chi connectivity index (χ1) is 13.0. The zero-order valence-electron chi connectivity index (χ0n) is 13.9. The normalized spacial score (nSPS) is 14.2. The van der Waals surface area contributed by atoms with Crippen LogP contribution in [0.15, 0.2) is 41.3 Å². The number of primary sulfonamides is 1. The van der Waals surface area contributed by atoms with Crippen LogP contribution in [0.4, 0.5) is 18.9 Å². The Kier molecular flexibility index (Phi) is 3.91. The number of sulfonamides is 1. The molecule has 0 unspecified atom stereocenters. The third-order valence-corrected chi connectivity index (χ3v) is 5.22. The molecule has 11 heteroatoms. The van der Waals surface area contributed by atoms with Gasteiger partial charge in [0.1, 0.15) is 5.75 Å². The monoisotopic (exact) mass is 411 g/mol. The summed E-state index contributed by atoms with van der Waals surface area (Å²) in [5.41, 5.74) is 1.94. The number of hydrogen-bond donors (Lipinski definition) is 3. The van der Waals surface area contributed by atoms with Gasteiger partial charge in [-0.2, -0.15) is 0 Å². The first kappa shape index (κ1) is 18.3. The van der Waals surface area contributed by atoms with Crippen molar-refractivity contribution in [1.29, 1.82) is 0 Å². The highest BCUT2D eigenvalue weighted by atomic mass is 32.2. The molecular formula is C17H12F3N3O4S. The van der Waals surface area contributed by atoms with Gasteiger partial charge in [0.05, 0.1) is 22.7 Å². The molecule has 0 fully saturated rings. The van der Waals surface area contributed by atoms with Crippen LogP contribution in [0.2, 0.25) is 0 Å². The van der Waals surface area contributed by atoms with Gasteiger partial charge in [-0.3, -0.25) is 4.79 Å². The molecule has 1 aliphatic rings. The van der Waals surface area contributed by atoms with Crippen molar-refractivity contribution in [2.45, 2.75) is 17.7 Å². The molecule has 1 aromatic heterocycles. The zero-order valence-corrected chi connectivity index (χ0v) is 14.7. The largest absolute Gasteiger partial charge is 0.573 e. The highest BCUT2D eigenvalue weighted by Gasteiger charge is 2.32. The molecule has 1 amide bonds. The number of halogens is 3. The average Bonchev–Trinajstić information content (AvgIpc) is 2.85. The molecule has 0 radical (unpaired) electrons. The quantitative estimate of drug-likeness (QED) is 0.602. The van der Waals surface area contributed by atoms with Crippen LogP contribution >= 0.6 is 0 Å². The predicted octanol–water partition coefficient (Wildman–Crippen LogP) is 2.88. The molecule has 0 atom stereocenters. The number of aromatic amines is 1. The molecule has 0 aliphatic carbocycles. The fraction of sp³-hybridized carbons (Fsp3) is 0.118. The fourth-order valence-corrected chi connectivity index (χ4v) is 3.75. The van der Waals surface area contributed by atoms with Crippen molar-refractivity contribution >= 4 is 32.5 Å². The Labute approximate surface area is 156 Å². The third kappa shape index (κ3) is 3.29. The van der Waals surface area contributed by atoms with Gasteiger partial charge in [0.25, 0.3) is 0 Å². The first-order valence-corrected chi connectivity index (χ1v) is 9.43. The van der Waals surface area contributed by atoms with Gasteiger partial charge in [-0.25, -0.2) is 13.6 Å². The lowest BCUT2D eigenvalue weighted by Gasteiger charge is -2.12. The smallest absolute Gasteiger partial charge is 0.406 e. The number of amides is 1. The van der Waals surface area contributed by atoms with E-state index in [0.29, 0.717) is 27.8 Å². The van der Waals surface area contributed by atoms with Crippen molar-refractivity contribution in [2.24, 2.45) is 5.14 Å². The maximum Gasteiger partial charge on any atom is 0.573 e. The summed E-state index contributed by atoms with van der Waals surface area (Å²) in [6, 6.07) is 7.68. The Morgan fingerprint density at radius 2 is 1.86 bits per heavy atom. The lowest BCUT2D eigenvalue weighted by atomic mass is 10.0. The van der Waals surface area contributed by atoms with Gasteiger partial charge in [0.15, 0.2) is 0 Å². The second kappa shape index (κ2) is 5.97. The van der Waals surface area contributed by atoms with E-state index in [4.69, 9.17) is 5.14 Å². The number of fused-ring (bicyclic) bond motifs is 5. The first-order valence-electron chi connectivity index (χ1n) is 7.89. The summed E-state index contributed by atoms with van der Waals surface area (Å²) >= 11 is 0. The van der Waals surface area contributed by atoms with Gasteiger partial charge in [0, 0.05) is 16.5 Å². The molecular weight excluding hydrogens is 399 g/mol. The van der Waals surface area contributed by atoms with E-state index in [-0.39, 0.29) is 16.9 Å². The van der Waals surface area contributed by atoms with Gasteiger partial charge in [0.2, 0.25) is 15.9 Å². The summed E-state index contributed by atoms with van der Waals surface area (Å²) in [6.07, 6.45) is -4.97. The van der Waals surface area contributed by atoms with Gasteiger partial charge in [-0.15, -0.1) is 13.2 Å². The van der Waals surface area contributed by atoms with E-state index in [0.717, 1.165) is 12.1 Å². The predicted molar refractivity (Wildman–Crippen MR) is 94.1 cm³/mol. The van der Waals surface area contributed by atoms with E-state index in [9.17, 15) is 26.4 Å². The van der Waals surface area contributed by atoms with Crippen LogP contribution in [0.1, 0.15) is 5.56 Å². The Hall–Kier alpha value is -3.05. The van der Waals surface area contributed by atoms with E-state index >= 15 is 0 Å². The van der Waals surface area contributed by atoms with Crippen LogP contribution in [-0.4, -0.2) is 25.7 Å². The van der Waals surface area contributed by atoms with E-state index < -0.39 is 28.0 Å². The minimum absolute atomic E-state index is 0.104. The lowest BCUT2D eigenvalue weighted by molar-refractivity contribution is -0.274. The van der Waals surface area contributed by atoms with E-state index in [1.165, 1.54) is 24.3 Å². The van der Waals surface area contributed by atoms with Crippen molar-refractivity contribution in [2.75, 3.05) is 5.32 Å². The Balaban J connectivity index is 1.95. The molecule has 4 N–H and O–H groups in total. The molecule has 0 saturated heterocycles. The Bertz CT molecular complexity index is 1230. The topological polar surface area (TPSA) is 114 Å². The molecule has 3 aromatic rings. The summed E-state index contributed by atoms with van der Waals surface area (Å²) in [7, 11) is -3.97. The van der Waals surface area contributed by atoms with Gasteiger partial charge >= 0.3 is 6.36 Å².